The summed E-state index contributed by atoms with van der Waals surface area (Å²) in [7, 11) is 3.10. The maximum Gasteiger partial charge on any atom is 0.256 e. The second kappa shape index (κ2) is 12.7. The quantitative estimate of drug-likeness (QED) is 0.317. The van der Waals surface area contributed by atoms with Gasteiger partial charge in [0.25, 0.3) is 11.8 Å². The molecule has 3 aromatic carbocycles. The molecule has 3 aromatic rings. The van der Waals surface area contributed by atoms with Gasteiger partial charge in [-0.15, -0.1) is 0 Å². The molecule has 0 aliphatic heterocycles. The lowest BCUT2D eigenvalue weighted by Crippen LogP contribution is -2.44. The minimum absolute atomic E-state index is 0.00462. The molecule has 1 aliphatic rings. The first-order valence-corrected chi connectivity index (χ1v) is 13.6. The standard InChI is InChI=1S/C29H31BrClN3O4/c1-37-26-14-7-18(16-27(26)38-2)29(36)34(22-11-8-20(32)9-12-22)17-19-15-21(10-13-25(19)31)33-28(35)23-5-3-4-6-24(23)30/h3-7,10,13-16,20,22H,8-9,11-12,17,32H2,1-2H3,(H,33,35). The fourth-order valence-corrected chi connectivity index (χ4v) is 5.36. The average molecular weight is 601 g/mol. The highest BCUT2D eigenvalue weighted by atomic mass is 79.9. The minimum atomic E-state index is -0.245. The van der Waals surface area contributed by atoms with Crippen molar-refractivity contribution in [3.05, 3.63) is 86.8 Å². The first-order valence-electron chi connectivity index (χ1n) is 12.4. The summed E-state index contributed by atoms with van der Waals surface area (Å²) >= 11 is 10.0. The van der Waals surface area contributed by atoms with Gasteiger partial charge in [0.2, 0.25) is 0 Å². The van der Waals surface area contributed by atoms with E-state index in [1.807, 2.05) is 23.1 Å². The zero-order chi connectivity index (χ0) is 27.2. The van der Waals surface area contributed by atoms with E-state index in [0.717, 1.165) is 31.2 Å². The zero-order valence-corrected chi connectivity index (χ0v) is 23.7. The molecule has 0 spiro atoms. The largest absolute Gasteiger partial charge is 0.493 e. The first-order chi connectivity index (χ1) is 18.3. The maximum atomic E-state index is 13.9. The van der Waals surface area contributed by atoms with Crippen LogP contribution in [0.15, 0.2) is 65.1 Å². The molecule has 200 valence electrons. The van der Waals surface area contributed by atoms with Crippen molar-refractivity contribution in [1.29, 1.82) is 0 Å². The van der Waals surface area contributed by atoms with E-state index in [0.29, 0.717) is 37.8 Å². The third-order valence-electron chi connectivity index (χ3n) is 6.84. The van der Waals surface area contributed by atoms with Crippen molar-refractivity contribution in [1.82, 2.24) is 4.90 Å². The number of anilines is 1. The lowest BCUT2D eigenvalue weighted by Gasteiger charge is -2.36. The zero-order valence-electron chi connectivity index (χ0n) is 21.4. The van der Waals surface area contributed by atoms with Crippen LogP contribution < -0.4 is 20.5 Å². The number of rotatable bonds is 8. The number of hydrogen-bond acceptors (Lipinski definition) is 5. The predicted octanol–water partition coefficient (Wildman–Crippen LogP) is 6.28. The number of carbonyl (C=O) groups is 2. The summed E-state index contributed by atoms with van der Waals surface area (Å²) in [6.07, 6.45) is 3.29. The highest BCUT2D eigenvalue weighted by Gasteiger charge is 2.29. The Labute approximate surface area is 236 Å². The van der Waals surface area contributed by atoms with Crippen LogP contribution in [0.2, 0.25) is 5.02 Å². The Morgan fingerprint density at radius 2 is 1.71 bits per heavy atom. The van der Waals surface area contributed by atoms with Crippen molar-refractivity contribution in [3.8, 4) is 11.5 Å². The smallest absolute Gasteiger partial charge is 0.256 e. The third-order valence-corrected chi connectivity index (χ3v) is 7.90. The number of nitrogens with one attached hydrogen (secondary N) is 1. The Hall–Kier alpha value is -3.07. The summed E-state index contributed by atoms with van der Waals surface area (Å²) in [5, 5.41) is 3.45. The van der Waals surface area contributed by atoms with Gasteiger partial charge in [0.05, 0.1) is 19.8 Å². The fourth-order valence-electron chi connectivity index (χ4n) is 4.72. The molecule has 7 nitrogen and oxygen atoms in total. The van der Waals surface area contributed by atoms with Gasteiger partial charge < -0.3 is 25.4 Å². The Morgan fingerprint density at radius 3 is 2.39 bits per heavy atom. The third kappa shape index (κ3) is 6.49. The van der Waals surface area contributed by atoms with Crippen LogP contribution in [0.4, 0.5) is 5.69 Å². The number of nitrogens with zero attached hydrogens (tertiary/aromatic N) is 1. The molecule has 1 saturated carbocycles. The molecule has 2 amide bonds. The molecule has 0 atom stereocenters. The van der Waals surface area contributed by atoms with Crippen LogP contribution in [0.25, 0.3) is 0 Å². The van der Waals surface area contributed by atoms with Crippen molar-refractivity contribution in [2.45, 2.75) is 44.3 Å². The molecule has 0 saturated heterocycles. The SMILES string of the molecule is COc1ccc(C(=O)N(Cc2cc(NC(=O)c3ccccc3Br)ccc2Cl)C2CCC(N)CC2)cc1OC. The van der Waals surface area contributed by atoms with Crippen molar-refractivity contribution >= 4 is 45.0 Å². The van der Waals surface area contributed by atoms with Crippen molar-refractivity contribution in [2.75, 3.05) is 19.5 Å². The van der Waals surface area contributed by atoms with Crippen LogP contribution >= 0.6 is 27.5 Å². The Bertz CT molecular complexity index is 1310. The van der Waals surface area contributed by atoms with E-state index in [9.17, 15) is 9.59 Å². The Morgan fingerprint density at radius 1 is 1.00 bits per heavy atom. The summed E-state index contributed by atoms with van der Waals surface area (Å²) in [6.45, 7) is 0.282. The molecule has 0 radical (unpaired) electrons. The maximum absolute atomic E-state index is 13.9. The number of nitrogens with two attached hydrogens (primary N) is 1. The molecule has 1 fully saturated rings. The van der Waals surface area contributed by atoms with Gasteiger partial charge >= 0.3 is 0 Å². The van der Waals surface area contributed by atoms with Crippen LogP contribution in [-0.4, -0.2) is 43.0 Å². The van der Waals surface area contributed by atoms with E-state index in [4.69, 9.17) is 26.8 Å². The van der Waals surface area contributed by atoms with Crippen molar-refractivity contribution < 1.29 is 19.1 Å². The molecule has 38 heavy (non-hydrogen) atoms. The second-order valence-electron chi connectivity index (χ2n) is 9.31. The summed E-state index contributed by atoms with van der Waals surface area (Å²) in [5.41, 5.74) is 8.50. The minimum Gasteiger partial charge on any atom is -0.493 e. The Balaban J connectivity index is 1.62. The topological polar surface area (TPSA) is 93.9 Å². The summed E-state index contributed by atoms with van der Waals surface area (Å²) in [6, 6.07) is 17.8. The molecular formula is C29H31BrClN3O4. The number of hydrogen-bond donors (Lipinski definition) is 2. The first kappa shape index (κ1) is 28.0. The number of carbonyl (C=O) groups excluding carboxylic acids is 2. The molecular weight excluding hydrogens is 570 g/mol. The van der Waals surface area contributed by atoms with Gasteiger partial charge in [-0.2, -0.15) is 0 Å². The molecule has 9 heteroatoms. The highest BCUT2D eigenvalue weighted by molar-refractivity contribution is 9.10. The van der Waals surface area contributed by atoms with Crippen LogP contribution in [0, 0.1) is 0 Å². The summed E-state index contributed by atoms with van der Waals surface area (Å²) in [5.74, 6) is 0.657. The predicted molar refractivity (Wildman–Crippen MR) is 153 cm³/mol. The number of halogens is 2. The Kier molecular flexibility index (Phi) is 9.31. The van der Waals surface area contributed by atoms with Crippen LogP contribution in [0.3, 0.4) is 0 Å². The van der Waals surface area contributed by atoms with E-state index in [2.05, 4.69) is 21.2 Å². The van der Waals surface area contributed by atoms with Gasteiger partial charge in [0.15, 0.2) is 11.5 Å². The number of amides is 2. The molecule has 3 N–H and O–H groups in total. The van der Waals surface area contributed by atoms with Gasteiger partial charge in [-0.05, 0) is 95.7 Å². The van der Waals surface area contributed by atoms with Crippen LogP contribution in [-0.2, 0) is 6.54 Å². The fraction of sp³-hybridized carbons (Fsp3) is 0.310. The van der Waals surface area contributed by atoms with Gasteiger partial charge in [-0.1, -0.05) is 23.7 Å². The number of methoxy groups -OCH3 is 2. The monoisotopic (exact) mass is 599 g/mol. The van der Waals surface area contributed by atoms with Crippen LogP contribution in [0.5, 0.6) is 11.5 Å². The van der Waals surface area contributed by atoms with Gasteiger partial charge in [0.1, 0.15) is 0 Å². The van der Waals surface area contributed by atoms with Gasteiger partial charge in [0, 0.05) is 39.4 Å². The summed E-state index contributed by atoms with van der Waals surface area (Å²) in [4.78, 5) is 28.6. The van der Waals surface area contributed by atoms with E-state index in [1.165, 1.54) is 0 Å². The van der Waals surface area contributed by atoms with Gasteiger partial charge in [-0.3, -0.25) is 9.59 Å². The average Bonchev–Trinajstić information content (AvgIpc) is 2.93. The molecule has 4 rings (SSSR count). The second-order valence-corrected chi connectivity index (χ2v) is 10.6. The molecule has 0 unspecified atom stereocenters. The molecule has 0 heterocycles. The highest BCUT2D eigenvalue weighted by Crippen LogP contribution is 2.32. The number of ether oxygens (including phenoxy) is 2. The van der Waals surface area contributed by atoms with Crippen molar-refractivity contribution in [3.63, 3.8) is 0 Å². The normalized spacial score (nSPS) is 17.0. The summed E-state index contributed by atoms with van der Waals surface area (Å²) < 4.78 is 11.5. The molecule has 0 aromatic heterocycles. The van der Waals surface area contributed by atoms with E-state index in [1.54, 1.807) is 56.7 Å². The lowest BCUT2D eigenvalue weighted by atomic mass is 9.90. The molecule has 0 bridgehead atoms. The van der Waals surface area contributed by atoms with Crippen molar-refractivity contribution in [2.24, 2.45) is 5.73 Å². The van der Waals surface area contributed by atoms with E-state index >= 15 is 0 Å². The lowest BCUT2D eigenvalue weighted by molar-refractivity contribution is 0.0606. The van der Waals surface area contributed by atoms with Gasteiger partial charge in [-0.25, -0.2) is 0 Å². The number of benzene rings is 3. The van der Waals surface area contributed by atoms with Crippen LogP contribution in [0.1, 0.15) is 52.0 Å². The molecule has 1 aliphatic carbocycles. The van der Waals surface area contributed by atoms with E-state index < -0.39 is 0 Å². The van der Waals surface area contributed by atoms with E-state index in [-0.39, 0.29) is 30.4 Å².